The number of hydrogen-bond donors (Lipinski definition) is 2. The second kappa shape index (κ2) is 10.00. The van der Waals surface area contributed by atoms with Crippen molar-refractivity contribution in [3.63, 3.8) is 0 Å². The Morgan fingerprint density at radius 3 is 2.56 bits per heavy atom. The maximum absolute atomic E-state index is 14.3. The summed E-state index contributed by atoms with van der Waals surface area (Å²) in [7, 11) is 0. The molecule has 4 rings (SSSR count). The molecule has 2 atom stereocenters. The molecule has 1 aliphatic carbocycles. The fraction of sp³-hybridized carbons (Fsp3) is 0.500. The first-order chi connectivity index (χ1) is 16.2. The summed E-state index contributed by atoms with van der Waals surface area (Å²) < 4.78 is 55.0. The Morgan fingerprint density at radius 1 is 1.21 bits per heavy atom. The van der Waals surface area contributed by atoms with Crippen molar-refractivity contribution >= 4 is 12.0 Å². The first kappa shape index (κ1) is 24.0. The third-order valence-electron chi connectivity index (χ3n) is 5.86. The van der Waals surface area contributed by atoms with Crippen molar-refractivity contribution < 1.29 is 32.2 Å². The van der Waals surface area contributed by atoms with Crippen LogP contribution >= 0.6 is 0 Å². The Balaban J connectivity index is 1.43. The molecule has 2 N–H and O–H groups in total. The van der Waals surface area contributed by atoms with Gasteiger partial charge < -0.3 is 25.0 Å². The molecule has 1 saturated carbocycles. The zero-order valence-electron chi connectivity index (χ0n) is 18.2. The SMILES string of the molecule is O=C(NCc1ccc(OC(F)(F)F)cc1F)N(C1CC1)[C@@H]1C[C@H](CO)CN(c2ncccn2)C1. The van der Waals surface area contributed by atoms with Crippen LogP contribution < -0.4 is 15.0 Å². The average Bonchev–Trinajstić information content (AvgIpc) is 3.63. The van der Waals surface area contributed by atoms with Crippen LogP contribution in [0.25, 0.3) is 0 Å². The molecule has 2 amide bonds. The number of amides is 2. The lowest BCUT2D eigenvalue weighted by atomic mass is 9.94. The summed E-state index contributed by atoms with van der Waals surface area (Å²) in [5.74, 6) is -1.13. The van der Waals surface area contributed by atoms with Gasteiger partial charge in [-0.25, -0.2) is 19.2 Å². The zero-order chi connectivity index (χ0) is 24.3. The van der Waals surface area contributed by atoms with Crippen LogP contribution in [0.2, 0.25) is 0 Å². The summed E-state index contributed by atoms with van der Waals surface area (Å²) in [5, 5.41) is 12.5. The van der Waals surface area contributed by atoms with Gasteiger partial charge in [0.05, 0.1) is 6.04 Å². The standard InChI is InChI=1S/C22H25F4N5O3/c23-19-9-18(34-22(24,25)26)5-2-15(19)10-29-21(33)31(16-3-4-16)17-8-14(13-32)11-30(12-17)20-27-6-1-7-28-20/h1-2,5-7,9,14,16-17,32H,3-4,8,10-13H2,(H,29,33)/t14-,17+/m0/s1. The third kappa shape index (κ3) is 6.04. The minimum Gasteiger partial charge on any atom is -0.406 e. The van der Waals surface area contributed by atoms with E-state index in [0.29, 0.717) is 31.5 Å². The van der Waals surface area contributed by atoms with Crippen LogP contribution in [0.15, 0.2) is 36.7 Å². The number of rotatable bonds is 7. The van der Waals surface area contributed by atoms with E-state index in [4.69, 9.17) is 0 Å². The Bertz CT molecular complexity index is 990. The van der Waals surface area contributed by atoms with Gasteiger partial charge in [-0.1, -0.05) is 6.07 Å². The molecule has 184 valence electrons. The number of piperidine rings is 1. The van der Waals surface area contributed by atoms with Gasteiger partial charge in [-0.15, -0.1) is 13.2 Å². The summed E-state index contributed by atoms with van der Waals surface area (Å²) in [6.45, 7) is 0.816. The lowest BCUT2D eigenvalue weighted by Crippen LogP contribution is -2.56. The Hall–Kier alpha value is -3.15. The molecule has 0 unspecified atom stereocenters. The molecule has 1 aromatic carbocycles. The van der Waals surface area contributed by atoms with E-state index in [9.17, 15) is 27.5 Å². The van der Waals surface area contributed by atoms with Gasteiger partial charge in [-0.2, -0.15) is 0 Å². The minimum atomic E-state index is -4.92. The van der Waals surface area contributed by atoms with Crippen molar-refractivity contribution in [2.24, 2.45) is 5.92 Å². The Labute approximate surface area is 193 Å². The molecule has 0 radical (unpaired) electrons. The number of nitrogens with one attached hydrogen (secondary N) is 1. The maximum Gasteiger partial charge on any atom is 0.573 e. The molecular weight excluding hydrogens is 458 g/mol. The fourth-order valence-electron chi connectivity index (χ4n) is 4.24. The van der Waals surface area contributed by atoms with Gasteiger partial charge in [0.2, 0.25) is 5.95 Å². The van der Waals surface area contributed by atoms with E-state index < -0.39 is 24.0 Å². The van der Waals surface area contributed by atoms with Crippen molar-refractivity contribution in [1.82, 2.24) is 20.2 Å². The number of carbonyl (C=O) groups excluding carboxylic acids is 1. The lowest BCUT2D eigenvalue weighted by molar-refractivity contribution is -0.274. The Kier molecular flexibility index (Phi) is 7.05. The van der Waals surface area contributed by atoms with Crippen molar-refractivity contribution in [1.29, 1.82) is 0 Å². The number of hydrogen-bond acceptors (Lipinski definition) is 6. The van der Waals surface area contributed by atoms with E-state index in [1.807, 2.05) is 4.90 Å². The van der Waals surface area contributed by atoms with Crippen molar-refractivity contribution in [3.05, 3.63) is 48.0 Å². The van der Waals surface area contributed by atoms with E-state index in [-0.39, 0.29) is 36.7 Å². The van der Waals surface area contributed by atoms with Crippen LogP contribution in [0.5, 0.6) is 5.75 Å². The van der Waals surface area contributed by atoms with Gasteiger partial charge in [0, 0.05) is 62.2 Å². The van der Waals surface area contributed by atoms with Gasteiger partial charge in [-0.3, -0.25) is 0 Å². The lowest BCUT2D eigenvalue weighted by Gasteiger charge is -2.42. The van der Waals surface area contributed by atoms with E-state index in [0.717, 1.165) is 25.0 Å². The number of ether oxygens (including phenoxy) is 1. The van der Waals surface area contributed by atoms with Gasteiger partial charge in [0.15, 0.2) is 0 Å². The number of benzene rings is 1. The molecule has 1 aliphatic heterocycles. The zero-order valence-corrected chi connectivity index (χ0v) is 18.2. The van der Waals surface area contributed by atoms with E-state index in [2.05, 4.69) is 20.0 Å². The third-order valence-corrected chi connectivity index (χ3v) is 5.86. The summed E-state index contributed by atoms with van der Waals surface area (Å²) in [5.41, 5.74) is 0.0369. The molecule has 0 bridgehead atoms. The van der Waals surface area contributed by atoms with Crippen molar-refractivity contribution in [3.8, 4) is 5.75 Å². The number of aliphatic hydroxyl groups excluding tert-OH is 1. The minimum absolute atomic E-state index is 0.0355. The monoisotopic (exact) mass is 483 g/mol. The van der Waals surface area contributed by atoms with E-state index in [1.165, 1.54) is 0 Å². The summed E-state index contributed by atoms with van der Waals surface area (Å²) >= 11 is 0. The van der Waals surface area contributed by atoms with Crippen LogP contribution in [0.4, 0.5) is 28.3 Å². The second-order valence-electron chi connectivity index (χ2n) is 8.49. The predicted octanol–water partition coefficient (Wildman–Crippen LogP) is 3.08. The number of carbonyl (C=O) groups is 1. The highest BCUT2D eigenvalue weighted by atomic mass is 19.4. The van der Waals surface area contributed by atoms with Crippen LogP contribution in [0.3, 0.4) is 0 Å². The first-order valence-corrected chi connectivity index (χ1v) is 11.0. The molecule has 2 heterocycles. The highest BCUT2D eigenvalue weighted by Crippen LogP contribution is 2.33. The molecule has 2 fully saturated rings. The second-order valence-corrected chi connectivity index (χ2v) is 8.49. The number of alkyl halides is 3. The van der Waals surface area contributed by atoms with Crippen LogP contribution in [-0.2, 0) is 6.54 Å². The first-order valence-electron chi connectivity index (χ1n) is 11.0. The topological polar surface area (TPSA) is 90.8 Å². The average molecular weight is 483 g/mol. The molecule has 12 heteroatoms. The quantitative estimate of drug-likeness (QED) is 0.589. The van der Waals surface area contributed by atoms with Gasteiger partial charge >= 0.3 is 12.4 Å². The summed E-state index contributed by atoms with van der Waals surface area (Å²) in [6.07, 6.45) is 0.621. The number of halogens is 4. The molecule has 8 nitrogen and oxygen atoms in total. The number of urea groups is 1. The molecular formula is C22H25F4N5O3. The van der Waals surface area contributed by atoms with Gasteiger partial charge in [-0.05, 0) is 31.4 Å². The highest BCUT2D eigenvalue weighted by Gasteiger charge is 2.41. The molecule has 2 aliphatic rings. The van der Waals surface area contributed by atoms with Crippen LogP contribution in [0.1, 0.15) is 24.8 Å². The molecule has 2 aromatic rings. The smallest absolute Gasteiger partial charge is 0.406 e. The van der Waals surface area contributed by atoms with Crippen LogP contribution in [-0.4, -0.2) is 64.1 Å². The van der Waals surface area contributed by atoms with Crippen molar-refractivity contribution in [2.45, 2.75) is 44.3 Å². The summed E-state index contributed by atoms with van der Waals surface area (Å²) in [6, 6.07) is 3.92. The predicted molar refractivity (Wildman–Crippen MR) is 113 cm³/mol. The molecule has 1 saturated heterocycles. The summed E-state index contributed by atoms with van der Waals surface area (Å²) in [4.78, 5) is 25.3. The van der Waals surface area contributed by atoms with E-state index >= 15 is 0 Å². The van der Waals surface area contributed by atoms with Gasteiger partial charge in [0.1, 0.15) is 11.6 Å². The molecule has 0 spiro atoms. The largest absolute Gasteiger partial charge is 0.573 e. The molecule has 34 heavy (non-hydrogen) atoms. The fourth-order valence-corrected chi connectivity index (χ4v) is 4.24. The van der Waals surface area contributed by atoms with Crippen molar-refractivity contribution in [2.75, 3.05) is 24.6 Å². The number of aliphatic hydroxyl groups is 1. The Morgan fingerprint density at radius 2 is 1.94 bits per heavy atom. The highest BCUT2D eigenvalue weighted by molar-refractivity contribution is 5.75. The number of aromatic nitrogens is 2. The number of nitrogens with zero attached hydrogens (tertiary/aromatic N) is 4. The van der Waals surface area contributed by atoms with Crippen LogP contribution in [0, 0.1) is 11.7 Å². The normalized spacial score (nSPS) is 20.7. The van der Waals surface area contributed by atoms with E-state index in [1.54, 1.807) is 23.4 Å². The number of anilines is 1. The molecule has 1 aromatic heterocycles. The maximum atomic E-state index is 14.3. The van der Waals surface area contributed by atoms with Gasteiger partial charge in [0.25, 0.3) is 0 Å².